The molecule has 1 fully saturated rings. The van der Waals surface area contributed by atoms with Crippen LogP contribution in [0.2, 0.25) is 0 Å². The number of hydrogen-bond donors (Lipinski definition) is 2. The Morgan fingerprint density at radius 2 is 2.14 bits per heavy atom. The summed E-state index contributed by atoms with van der Waals surface area (Å²) in [5.41, 5.74) is 0.770. The summed E-state index contributed by atoms with van der Waals surface area (Å²) in [5, 5.41) is 5.34. The van der Waals surface area contributed by atoms with Gasteiger partial charge >= 0.3 is 0 Å². The smallest absolute Gasteiger partial charge is 0.262 e. The second kappa shape index (κ2) is 6.01. The van der Waals surface area contributed by atoms with Crippen LogP contribution < -0.4 is 10.6 Å². The number of carbonyl (C=O) groups is 1. The molecule has 2 N–H and O–H groups in total. The molecule has 1 aliphatic heterocycles. The van der Waals surface area contributed by atoms with Gasteiger partial charge in [-0.25, -0.2) is 8.78 Å². The van der Waals surface area contributed by atoms with E-state index in [1.807, 2.05) is 38.1 Å². The third kappa shape index (κ3) is 4.01. The molecule has 0 aliphatic carbocycles. The molecular formula is C15H19BrF2N2O. The number of alkyl halides is 2. The van der Waals surface area contributed by atoms with E-state index < -0.39 is 24.9 Å². The standard InChI is InChI=1S/C15H19BrF2N2O/c1-14(2,10-5-3-4-6-11(10)16)8-20-13(21)12-7-15(17,18)9-19-12/h3-6,12,19H,7-9H2,1-2H3,(H,20,21). The molecule has 1 heterocycles. The average Bonchev–Trinajstić information content (AvgIpc) is 2.77. The van der Waals surface area contributed by atoms with E-state index in [1.165, 1.54) is 0 Å². The van der Waals surface area contributed by atoms with Gasteiger partial charge in [0.05, 0.1) is 12.6 Å². The lowest BCUT2D eigenvalue weighted by Gasteiger charge is -2.27. The van der Waals surface area contributed by atoms with Crippen LogP contribution in [0, 0.1) is 0 Å². The zero-order valence-electron chi connectivity index (χ0n) is 12.1. The van der Waals surface area contributed by atoms with Gasteiger partial charge in [0.15, 0.2) is 0 Å². The van der Waals surface area contributed by atoms with E-state index in [9.17, 15) is 13.6 Å². The molecule has 6 heteroatoms. The number of rotatable bonds is 4. The average molecular weight is 361 g/mol. The quantitative estimate of drug-likeness (QED) is 0.866. The van der Waals surface area contributed by atoms with Crippen molar-refractivity contribution >= 4 is 21.8 Å². The van der Waals surface area contributed by atoms with Gasteiger partial charge in [-0.1, -0.05) is 48.0 Å². The van der Waals surface area contributed by atoms with Gasteiger partial charge in [0.2, 0.25) is 5.91 Å². The van der Waals surface area contributed by atoms with Crippen LogP contribution in [-0.4, -0.2) is 31.0 Å². The van der Waals surface area contributed by atoms with E-state index in [4.69, 9.17) is 0 Å². The predicted octanol–water partition coefficient (Wildman–Crippen LogP) is 2.84. The number of halogens is 3. The molecule has 1 unspecified atom stereocenters. The molecule has 0 aromatic heterocycles. The number of hydrogen-bond acceptors (Lipinski definition) is 2. The number of benzene rings is 1. The predicted molar refractivity (Wildman–Crippen MR) is 81.5 cm³/mol. The SMILES string of the molecule is CC(C)(CNC(=O)C1CC(F)(F)CN1)c1ccccc1Br. The summed E-state index contributed by atoms with van der Waals surface area (Å²) in [6.45, 7) is 3.96. The third-order valence-corrected chi connectivity index (χ3v) is 4.43. The molecular weight excluding hydrogens is 342 g/mol. The van der Waals surface area contributed by atoms with E-state index in [1.54, 1.807) is 0 Å². The summed E-state index contributed by atoms with van der Waals surface area (Å²) in [5.74, 6) is -3.16. The van der Waals surface area contributed by atoms with Gasteiger partial charge in [-0.2, -0.15) is 0 Å². The number of amides is 1. The molecule has 0 spiro atoms. The van der Waals surface area contributed by atoms with Gasteiger partial charge in [0, 0.05) is 22.9 Å². The first-order valence-corrected chi connectivity index (χ1v) is 7.64. The van der Waals surface area contributed by atoms with Gasteiger partial charge in [-0.3, -0.25) is 10.1 Å². The highest BCUT2D eigenvalue weighted by atomic mass is 79.9. The van der Waals surface area contributed by atoms with Crippen LogP contribution in [0.4, 0.5) is 8.78 Å². The second-order valence-electron chi connectivity index (χ2n) is 6.08. The first-order chi connectivity index (χ1) is 9.71. The summed E-state index contributed by atoms with van der Waals surface area (Å²) in [4.78, 5) is 12.0. The Morgan fingerprint density at radius 3 is 2.71 bits per heavy atom. The van der Waals surface area contributed by atoms with Gasteiger partial charge < -0.3 is 5.32 Å². The van der Waals surface area contributed by atoms with E-state index >= 15 is 0 Å². The summed E-state index contributed by atoms with van der Waals surface area (Å²) >= 11 is 3.50. The Hall–Kier alpha value is -1.01. The molecule has 3 nitrogen and oxygen atoms in total. The van der Waals surface area contributed by atoms with Crippen LogP contribution in [0.25, 0.3) is 0 Å². The highest BCUT2D eigenvalue weighted by molar-refractivity contribution is 9.10. The van der Waals surface area contributed by atoms with Crippen molar-refractivity contribution in [1.29, 1.82) is 0 Å². The Morgan fingerprint density at radius 1 is 1.48 bits per heavy atom. The highest BCUT2D eigenvalue weighted by Crippen LogP contribution is 2.30. The Kier molecular flexibility index (Phi) is 4.68. The minimum atomic E-state index is -2.79. The fourth-order valence-corrected chi connectivity index (χ4v) is 3.26. The molecule has 1 atom stereocenters. The molecule has 0 bridgehead atoms. The minimum Gasteiger partial charge on any atom is -0.354 e. The first kappa shape index (κ1) is 16.4. The van der Waals surface area contributed by atoms with Crippen LogP contribution in [0.15, 0.2) is 28.7 Å². The largest absolute Gasteiger partial charge is 0.354 e. The summed E-state index contributed by atoms with van der Waals surface area (Å²) in [7, 11) is 0. The Balaban J connectivity index is 1.96. The van der Waals surface area contributed by atoms with Crippen molar-refractivity contribution in [2.24, 2.45) is 0 Å². The van der Waals surface area contributed by atoms with E-state index in [0.717, 1.165) is 10.0 Å². The number of carbonyl (C=O) groups excluding carboxylic acids is 1. The van der Waals surface area contributed by atoms with Crippen molar-refractivity contribution in [2.45, 2.75) is 37.6 Å². The van der Waals surface area contributed by atoms with Gasteiger partial charge in [-0.15, -0.1) is 0 Å². The van der Waals surface area contributed by atoms with Crippen LogP contribution in [0.1, 0.15) is 25.8 Å². The van der Waals surface area contributed by atoms with Gasteiger partial charge in [0.1, 0.15) is 0 Å². The summed E-state index contributed by atoms with van der Waals surface area (Å²) in [6.07, 6.45) is -0.436. The number of nitrogens with one attached hydrogen (secondary N) is 2. The molecule has 21 heavy (non-hydrogen) atoms. The molecule has 0 radical (unpaired) electrons. The van der Waals surface area contributed by atoms with Crippen LogP contribution >= 0.6 is 15.9 Å². The van der Waals surface area contributed by atoms with Crippen molar-refractivity contribution in [1.82, 2.24) is 10.6 Å². The fraction of sp³-hybridized carbons (Fsp3) is 0.533. The van der Waals surface area contributed by atoms with Crippen molar-refractivity contribution in [3.05, 3.63) is 34.3 Å². The van der Waals surface area contributed by atoms with Crippen LogP contribution in [-0.2, 0) is 10.2 Å². The molecule has 1 aliphatic rings. The van der Waals surface area contributed by atoms with Crippen molar-refractivity contribution in [3.8, 4) is 0 Å². The van der Waals surface area contributed by atoms with Crippen molar-refractivity contribution in [3.63, 3.8) is 0 Å². The Bertz CT molecular complexity index is 534. The first-order valence-electron chi connectivity index (χ1n) is 6.85. The monoisotopic (exact) mass is 360 g/mol. The van der Waals surface area contributed by atoms with Gasteiger partial charge in [0.25, 0.3) is 5.92 Å². The maximum absolute atomic E-state index is 13.1. The Labute approximate surface area is 131 Å². The zero-order chi connectivity index (χ0) is 15.7. The normalized spacial score (nSPS) is 21.3. The second-order valence-corrected chi connectivity index (χ2v) is 6.93. The lowest BCUT2D eigenvalue weighted by molar-refractivity contribution is -0.123. The molecule has 2 rings (SSSR count). The fourth-order valence-electron chi connectivity index (χ4n) is 2.44. The summed E-state index contributed by atoms with van der Waals surface area (Å²) in [6, 6.07) is 6.97. The lowest BCUT2D eigenvalue weighted by atomic mass is 9.84. The van der Waals surface area contributed by atoms with Crippen molar-refractivity contribution in [2.75, 3.05) is 13.1 Å². The van der Waals surface area contributed by atoms with Crippen LogP contribution in [0.5, 0.6) is 0 Å². The van der Waals surface area contributed by atoms with Crippen LogP contribution in [0.3, 0.4) is 0 Å². The van der Waals surface area contributed by atoms with Crippen molar-refractivity contribution < 1.29 is 13.6 Å². The zero-order valence-corrected chi connectivity index (χ0v) is 13.6. The molecule has 1 aromatic carbocycles. The summed E-state index contributed by atoms with van der Waals surface area (Å²) < 4.78 is 27.2. The molecule has 1 saturated heterocycles. The molecule has 116 valence electrons. The van der Waals surface area contributed by atoms with Gasteiger partial charge in [-0.05, 0) is 11.6 Å². The molecule has 1 aromatic rings. The van der Waals surface area contributed by atoms with E-state index in [-0.39, 0.29) is 11.3 Å². The maximum Gasteiger partial charge on any atom is 0.262 e. The van der Waals surface area contributed by atoms with E-state index in [2.05, 4.69) is 26.6 Å². The molecule has 1 amide bonds. The third-order valence-electron chi connectivity index (χ3n) is 3.73. The lowest BCUT2D eigenvalue weighted by Crippen LogP contribution is -2.45. The minimum absolute atomic E-state index is 0.295. The molecule has 0 saturated carbocycles. The maximum atomic E-state index is 13.1. The van der Waals surface area contributed by atoms with E-state index in [0.29, 0.717) is 6.54 Å². The highest BCUT2D eigenvalue weighted by Gasteiger charge is 2.42. The topological polar surface area (TPSA) is 41.1 Å².